The highest BCUT2D eigenvalue weighted by molar-refractivity contribution is 7.91. The summed E-state index contributed by atoms with van der Waals surface area (Å²) in [5.41, 5.74) is -0.277. The van der Waals surface area contributed by atoms with Gasteiger partial charge < -0.3 is 10.6 Å². The van der Waals surface area contributed by atoms with Gasteiger partial charge in [-0.15, -0.1) is 0 Å². The lowest BCUT2D eigenvalue weighted by Crippen LogP contribution is -2.52. The average molecular weight is 448 g/mol. The minimum Gasteiger partial charge on any atom is -0.349 e. The van der Waals surface area contributed by atoms with Crippen molar-refractivity contribution in [3.05, 3.63) is 28.2 Å². The van der Waals surface area contributed by atoms with Gasteiger partial charge in [-0.3, -0.25) is 14.5 Å². The molecule has 2 fully saturated rings. The number of likely N-dealkylation sites (tertiary alicyclic amines) is 1. The van der Waals surface area contributed by atoms with Crippen molar-refractivity contribution in [3.8, 4) is 0 Å². The lowest BCUT2D eigenvalue weighted by Gasteiger charge is -2.27. The Morgan fingerprint density at radius 1 is 1.32 bits per heavy atom. The number of carbonyl (C=O) groups excluding carboxylic acids is 2. The van der Waals surface area contributed by atoms with Crippen LogP contribution in [-0.4, -0.2) is 61.3 Å². The molecule has 1 aromatic carbocycles. The van der Waals surface area contributed by atoms with Crippen LogP contribution in [0.3, 0.4) is 0 Å². The standard InChI is InChI=1S/C18H23Cl2N3O4S/c1-18(6-8-28(26,27)11-18)22-16(24)10-23-7-2-3-15(23)17(25)21-14-5-4-12(19)9-13(14)20/h4-5,9,15H,2-3,6-8,10-11H2,1H3,(H,21,25)(H,22,24)/t15-,18+/m0/s1. The number of benzene rings is 1. The molecule has 7 nitrogen and oxygen atoms in total. The maximum absolute atomic E-state index is 12.7. The summed E-state index contributed by atoms with van der Waals surface area (Å²) in [5.74, 6) is -0.474. The molecule has 1 aromatic rings. The molecule has 0 radical (unpaired) electrons. The van der Waals surface area contributed by atoms with E-state index in [2.05, 4.69) is 10.6 Å². The number of rotatable bonds is 5. The van der Waals surface area contributed by atoms with Crippen molar-refractivity contribution in [2.24, 2.45) is 0 Å². The molecule has 2 aliphatic rings. The summed E-state index contributed by atoms with van der Waals surface area (Å²) in [5, 5.41) is 6.45. The molecule has 2 aliphatic heterocycles. The van der Waals surface area contributed by atoms with Crippen LogP contribution >= 0.6 is 23.2 Å². The van der Waals surface area contributed by atoms with Crippen LogP contribution in [0.4, 0.5) is 5.69 Å². The van der Waals surface area contributed by atoms with E-state index in [9.17, 15) is 18.0 Å². The first kappa shape index (κ1) is 21.4. The van der Waals surface area contributed by atoms with E-state index in [4.69, 9.17) is 23.2 Å². The zero-order valence-electron chi connectivity index (χ0n) is 15.5. The molecule has 28 heavy (non-hydrogen) atoms. The van der Waals surface area contributed by atoms with E-state index in [1.807, 2.05) is 0 Å². The van der Waals surface area contributed by atoms with E-state index in [-0.39, 0.29) is 29.9 Å². The Bertz CT molecular complexity index is 893. The molecule has 10 heteroatoms. The van der Waals surface area contributed by atoms with E-state index in [0.29, 0.717) is 35.1 Å². The summed E-state index contributed by atoms with van der Waals surface area (Å²) >= 11 is 12.0. The molecule has 0 aromatic heterocycles. The van der Waals surface area contributed by atoms with E-state index < -0.39 is 21.4 Å². The van der Waals surface area contributed by atoms with Gasteiger partial charge in [0, 0.05) is 5.02 Å². The van der Waals surface area contributed by atoms with Crippen LogP contribution in [0.1, 0.15) is 26.2 Å². The van der Waals surface area contributed by atoms with Gasteiger partial charge >= 0.3 is 0 Å². The first-order chi connectivity index (χ1) is 13.1. The van der Waals surface area contributed by atoms with Gasteiger partial charge in [-0.2, -0.15) is 0 Å². The second-order valence-electron chi connectivity index (χ2n) is 7.69. The number of carbonyl (C=O) groups is 2. The molecule has 2 N–H and O–H groups in total. The minimum atomic E-state index is -3.11. The Kier molecular flexibility index (Phi) is 6.24. The molecule has 2 heterocycles. The Morgan fingerprint density at radius 3 is 2.71 bits per heavy atom. The van der Waals surface area contributed by atoms with Gasteiger partial charge in [0.25, 0.3) is 0 Å². The van der Waals surface area contributed by atoms with E-state index in [1.165, 1.54) is 0 Å². The number of halogens is 2. The van der Waals surface area contributed by atoms with Crippen molar-refractivity contribution in [3.63, 3.8) is 0 Å². The predicted molar refractivity (Wildman–Crippen MR) is 110 cm³/mol. The molecule has 0 spiro atoms. The highest BCUT2D eigenvalue weighted by Gasteiger charge is 2.40. The zero-order valence-corrected chi connectivity index (χ0v) is 17.8. The van der Waals surface area contributed by atoms with Gasteiger partial charge in [0.15, 0.2) is 9.84 Å². The van der Waals surface area contributed by atoms with Crippen molar-refractivity contribution in [1.29, 1.82) is 0 Å². The Hall–Kier alpha value is -1.35. The normalized spacial score (nSPS) is 26.9. The largest absolute Gasteiger partial charge is 0.349 e. The number of anilines is 1. The molecular formula is C18H23Cl2N3O4S. The summed E-state index contributed by atoms with van der Waals surface area (Å²) in [7, 11) is -3.11. The van der Waals surface area contributed by atoms with Crippen molar-refractivity contribution < 1.29 is 18.0 Å². The minimum absolute atomic E-state index is 0.0437. The SMILES string of the molecule is C[C@@]1(NC(=O)CN2CCC[C@H]2C(=O)Nc2ccc(Cl)cc2Cl)CCS(=O)(=O)C1. The van der Waals surface area contributed by atoms with E-state index in [0.717, 1.165) is 6.42 Å². The fourth-order valence-corrected chi connectivity index (χ4v) is 6.34. The third-order valence-electron chi connectivity index (χ3n) is 5.15. The third kappa shape index (κ3) is 5.17. The molecule has 2 saturated heterocycles. The van der Waals surface area contributed by atoms with Crippen LogP contribution in [0.5, 0.6) is 0 Å². The molecule has 0 unspecified atom stereocenters. The summed E-state index contributed by atoms with van der Waals surface area (Å²) < 4.78 is 23.4. The quantitative estimate of drug-likeness (QED) is 0.720. The maximum atomic E-state index is 12.7. The number of nitrogens with one attached hydrogen (secondary N) is 2. The van der Waals surface area contributed by atoms with Crippen molar-refractivity contribution in [2.75, 3.05) is 29.9 Å². The highest BCUT2D eigenvalue weighted by Crippen LogP contribution is 2.27. The molecule has 0 saturated carbocycles. The molecular weight excluding hydrogens is 425 g/mol. The maximum Gasteiger partial charge on any atom is 0.241 e. The molecule has 2 atom stereocenters. The van der Waals surface area contributed by atoms with Crippen LogP contribution in [-0.2, 0) is 19.4 Å². The molecule has 3 rings (SSSR count). The van der Waals surface area contributed by atoms with Crippen LogP contribution in [0.25, 0.3) is 0 Å². The van der Waals surface area contributed by atoms with E-state index in [1.54, 1.807) is 30.0 Å². The van der Waals surface area contributed by atoms with Gasteiger partial charge in [-0.05, 0) is 50.9 Å². The first-order valence-corrected chi connectivity index (χ1v) is 11.7. The Labute approximate surface area is 174 Å². The number of nitrogens with zero attached hydrogens (tertiary/aromatic N) is 1. The van der Waals surface area contributed by atoms with Crippen LogP contribution in [0.2, 0.25) is 10.0 Å². The summed E-state index contributed by atoms with van der Waals surface area (Å²) in [6.07, 6.45) is 1.83. The predicted octanol–water partition coefficient (Wildman–Crippen LogP) is 2.09. The molecule has 0 aliphatic carbocycles. The number of hydrogen-bond donors (Lipinski definition) is 2. The Morgan fingerprint density at radius 2 is 2.07 bits per heavy atom. The van der Waals surface area contributed by atoms with Crippen molar-refractivity contribution in [2.45, 2.75) is 37.8 Å². The number of amides is 2. The van der Waals surface area contributed by atoms with Gasteiger partial charge in [0.2, 0.25) is 11.8 Å². The van der Waals surface area contributed by atoms with Gasteiger partial charge in [-0.1, -0.05) is 23.2 Å². The van der Waals surface area contributed by atoms with Gasteiger partial charge in [-0.25, -0.2) is 8.42 Å². The number of sulfone groups is 1. The molecule has 154 valence electrons. The summed E-state index contributed by atoms with van der Waals surface area (Å²) in [4.78, 5) is 27.0. The van der Waals surface area contributed by atoms with Crippen molar-refractivity contribution >= 4 is 50.5 Å². The first-order valence-electron chi connectivity index (χ1n) is 9.08. The second-order valence-corrected chi connectivity index (χ2v) is 10.7. The average Bonchev–Trinajstić information content (AvgIpc) is 3.13. The molecule has 2 amide bonds. The van der Waals surface area contributed by atoms with Gasteiger partial charge in [0.1, 0.15) is 0 Å². The molecule has 0 bridgehead atoms. The van der Waals surface area contributed by atoms with Gasteiger partial charge in [0.05, 0.1) is 40.3 Å². The smallest absolute Gasteiger partial charge is 0.241 e. The highest BCUT2D eigenvalue weighted by atomic mass is 35.5. The topological polar surface area (TPSA) is 95.6 Å². The lowest BCUT2D eigenvalue weighted by molar-refractivity contribution is -0.125. The Balaban J connectivity index is 1.59. The van der Waals surface area contributed by atoms with Crippen LogP contribution < -0.4 is 10.6 Å². The third-order valence-corrected chi connectivity index (χ3v) is 7.60. The number of hydrogen-bond acceptors (Lipinski definition) is 5. The van der Waals surface area contributed by atoms with Crippen molar-refractivity contribution in [1.82, 2.24) is 10.2 Å². The summed E-state index contributed by atoms with van der Waals surface area (Å²) in [6.45, 7) is 2.41. The monoisotopic (exact) mass is 447 g/mol. The fraction of sp³-hybridized carbons (Fsp3) is 0.556. The van der Waals surface area contributed by atoms with Crippen LogP contribution in [0.15, 0.2) is 18.2 Å². The summed E-state index contributed by atoms with van der Waals surface area (Å²) in [6, 6.07) is 4.38. The second kappa shape index (κ2) is 8.18. The fourth-order valence-electron chi connectivity index (χ4n) is 3.79. The van der Waals surface area contributed by atoms with E-state index >= 15 is 0 Å². The zero-order chi connectivity index (χ0) is 20.5. The lowest BCUT2D eigenvalue weighted by atomic mass is 10.0. The van der Waals surface area contributed by atoms with Crippen LogP contribution in [0, 0.1) is 0 Å².